The first-order valence-corrected chi connectivity index (χ1v) is 17.5. The summed E-state index contributed by atoms with van der Waals surface area (Å²) in [7, 11) is 0. The third kappa shape index (κ3) is 10.7. The second-order valence-electron chi connectivity index (χ2n) is 12.9. The normalized spacial score (nSPS) is 21.1. The van der Waals surface area contributed by atoms with Gasteiger partial charge in [-0.1, -0.05) is 96.1 Å². The fraction of sp³-hybridized carbons (Fsp3) is 0.743. The Morgan fingerprint density at radius 2 is 1.30 bits per heavy atom. The molecule has 3 aliphatic rings. The first-order valence-electron chi connectivity index (χ1n) is 17.5. The van der Waals surface area contributed by atoms with E-state index in [9.17, 15) is 14.4 Å². The molecule has 44 heavy (non-hydrogen) atoms. The van der Waals surface area contributed by atoms with Gasteiger partial charge in [0.05, 0.1) is 18.4 Å². The summed E-state index contributed by atoms with van der Waals surface area (Å²) < 4.78 is 6.00. The monoisotopic (exact) mass is 609 g/mol. The van der Waals surface area contributed by atoms with Crippen LogP contribution >= 0.6 is 0 Å². The molecule has 1 aliphatic carbocycles. The highest BCUT2D eigenvalue weighted by molar-refractivity contribution is 6.05. The average molecular weight is 610 g/mol. The van der Waals surface area contributed by atoms with E-state index in [1.54, 1.807) is 12.4 Å². The number of nitrogens with zero attached hydrogens (tertiary/aromatic N) is 5. The summed E-state index contributed by atoms with van der Waals surface area (Å²) in [5.41, 5.74) is 0. The Labute approximate surface area is 264 Å². The number of anilines is 1. The molecule has 1 aromatic heterocycles. The molecule has 0 N–H and O–H groups in total. The Bertz CT molecular complexity index is 1020. The summed E-state index contributed by atoms with van der Waals surface area (Å²) in [4.78, 5) is 53.8. The first kappa shape index (κ1) is 34.1. The van der Waals surface area contributed by atoms with Crippen molar-refractivity contribution in [2.24, 2.45) is 11.8 Å². The van der Waals surface area contributed by atoms with Crippen LogP contribution in [0.5, 0.6) is 0 Å². The Hall–Kier alpha value is -2.81. The molecular weight excluding hydrogens is 554 g/mol. The largest absolute Gasteiger partial charge is 0.459 e. The van der Waals surface area contributed by atoms with Crippen molar-refractivity contribution in [3.05, 3.63) is 30.6 Å². The van der Waals surface area contributed by atoms with Crippen LogP contribution in [-0.4, -0.2) is 82.9 Å². The van der Waals surface area contributed by atoms with Crippen LogP contribution in [0.25, 0.3) is 0 Å². The minimum absolute atomic E-state index is 0.118. The van der Waals surface area contributed by atoms with Gasteiger partial charge in [-0.25, -0.2) is 9.97 Å². The summed E-state index contributed by atoms with van der Waals surface area (Å²) in [5, 5.41) is 0. The number of hydrogen-bond donors (Lipinski definition) is 0. The van der Waals surface area contributed by atoms with E-state index in [1.165, 1.54) is 69.1 Å². The number of carbonyl (C=O) groups is 3. The van der Waals surface area contributed by atoms with Crippen LogP contribution < -0.4 is 4.90 Å². The number of unbranched alkanes of at least 4 members (excludes halogenated alkanes) is 12. The van der Waals surface area contributed by atoms with E-state index in [1.807, 2.05) is 18.2 Å². The van der Waals surface area contributed by atoms with Gasteiger partial charge in [0.1, 0.15) is 6.10 Å². The van der Waals surface area contributed by atoms with E-state index in [2.05, 4.69) is 26.7 Å². The van der Waals surface area contributed by atoms with Gasteiger partial charge in [0.2, 0.25) is 17.8 Å². The highest BCUT2D eigenvalue weighted by Crippen LogP contribution is 2.35. The number of fused-ring (bicyclic) bond motifs is 1. The van der Waals surface area contributed by atoms with Crippen molar-refractivity contribution in [3.8, 4) is 0 Å². The molecule has 1 unspecified atom stereocenters. The number of allylic oxidation sites excluding steroid dienone is 2. The van der Waals surface area contributed by atoms with Gasteiger partial charge < -0.3 is 9.64 Å². The Morgan fingerprint density at radius 3 is 1.84 bits per heavy atom. The number of piperazine rings is 1. The molecular formula is C35H55N5O4. The van der Waals surface area contributed by atoms with Crippen LogP contribution in [0.1, 0.15) is 110 Å². The number of amides is 2. The number of carbonyl (C=O) groups excluding carboxylic acids is 3. The maximum atomic E-state index is 13.2. The van der Waals surface area contributed by atoms with Gasteiger partial charge >= 0.3 is 5.97 Å². The molecule has 0 aromatic carbocycles. The summed E-state index contributed by atoms with van der Waals surface area (Å²) in [6.45, 7) is 5.96. The van der Waals surface area contributed by atoms with E-state index in [-0.39, 0.29) is 36.2 Å². The number of rotatable bonds is 20. The lowest BCUT2D eigenvalue weighted by Crippen LogP contribution is -2.51. The van der Waals surface area contributed by atoms with Crippen molar-refractivity contribution in [2.45, 2.75) is 116 Å². The molecule has 2 fully saturated rings. The van der Waals surface area contributed by atoms with Crippen molar-refractivity contribution in [1.29, 1.82) is 0 Å². The summed E-state index contributed by atoms with van der Waals surface area (Å²) in [6.07, 6.45) is 24.9. The zero-order valence-electron chi connectivity index (χ0n) is 27.0. The fourth-order valence-corrected chi connectivity index (χ4v) is 6.79. The lowest BCUT2D eigenvalue weighted by Gasteiger charge is -2.36. The third-order valence-electron chi connectivity index (χ3n) is 9.44. The number of likely N-dealkylation sites (tertiary alicyclic amines) is 1. The van der Waals surface area contributed by atoms with Gasteiger partial charge in [0.25, 0.3) is 0 Å². The van der Waals surface area contributed by atoms with Gasteiger partial charge in [-0.05, 0) is 25.3 Å². The van der Waals surface area contributed by atoms with Crippen molar-refractivity contribution in [1.82, 2.24) is 19.8 Å². The Kier molecular flexibility index (Phi) is 14.6. The Morgan fingerprint density at radius 1 is 0.773 bits per heavy atom. The molecule has 9 heteroatoms. The molecule has 0 spiro atoms. The summed E-state index contributed by atoms with van der Waals surface area (Å²) in [5.74, 6) is -0.293. The van der Waals surface area contributed by atoms with Crippen molar-refractivity contribution in [3.63, 3.8) is 0 Å². The lowest BCUT2D eigenvalue weighted by molar-refractivity contribution is -0.155. The molecule has 2 aliphatic heterocycles. The predicted molar refractivity (Wildman–Crippen MR) is 173 cm³/mol. The van der Waals surface area contributed by atoms with Crippen LogP contribution in [0.15, 0.2) is 30.6 Å². The molecule has 0 saturated carbocycles. The highest BCUT2D eigenvalue weighted by atomic mass is 16.5. The quantitative estimate of drug-likeness (QED) is 0.0776. The highest BCUT2D eigenvalue weighted by Gasteiger charge is 2.48. The molecule has 3 heterocycles. The van der Waals surface area contributed by atoms with E-state index < -0.39 is 6.10 Å². The second kappa shape index (κ2) is 18.9. The number of aromatic nitrogens is 2. The molecule has 4 rings (SSSR count). The van der Waals surface area contributed by atoms with Crippen LogP contribution in [0, 0.1) is 11.8 Å². The molecule has 9 nitrogen and oxygen atoms in total. The molecule has 3 atom stereocenters. The van der Waals surface area contributed by atoms with Crippen LogP contribution in [0.3, 0.4) is 0 Å². The van der Waals surface area contributed by atoms with Gasteiger partial charge in [0.15, 0.2) is 0 Å². The van der Waals surface area contributed by atoms with Gasteiger partial charge in [-0.3, -0.25) is 24.2 Å². The molecule has 244 valence electrons. The summed E-state index contributed by atoms with van der Waals surface area (Å²) >= 11 is 0. The Balaban J connectivity index is 1.18. The number of esters is 1. The molecule has 0 radical (unpaired) electrons. The van der Waals surface area contributed by atoms with Gasteiger partial charge in [0, 0.05) is 51.5 Å². The maximum absolute atomic E-state index is 13.2. The van der Waals surface area contributed by atoms with Crippen molar-refractivity contribution >= 4 is 23.7 Å². The standard InChI is InChI=1S/C35H55N5O4/c1-2-3-4-5-6-7-8-9-10-11-12-13-14-20-32(41)44-29(28-40-33(42)30-18-15-16-19-31(30)34(40)43)27-38-23-25-39(26-24-38)35-36-21-17-22-37-35/h15-17,21-22,29-31H,2-14,18-20,23-28H2,1H3/t29?,30-,31+. The smallest absolute Gasteiger partial charge is 0.306 e. The second-order valence-corrected chi connectivity index (χ2v) is 12.9. The zero-order chi connectivity index (χ0) is 31.0. The lowest BCUT2D eigenvalue weighted by atomic mass is 9.85. The zero-order valence-corrected chi connectivity index (χ0v) is 27.0. The third-order valence-corrected chi connectivity index (χ3v) is 9.44. The fourth-order valence-electron chi connectivity index (χ4n) is 6.79. The van der Waals surface area contributed by atoms with E-state index in [4.69, 9.17) is 4.74 Å². The first-order chi connectivity index (χ1) is 21.6. The van der Waals surface area contributed by atoms with Crippen molar-refractivity contribution in [2.75, 3.05) is 44.2 Å². The summed E-state index contributed by atoms with van der Waals surface area (Å²) in [6, 6.07) is 1.81. The topological polar surface area (TPSA) is 95.9 Å². The van der Waals surface area contributed by atoms with E-state index in [0.29, 0.717) is 25.8 Å². The number of imide groups is 1. The van der Waals surface area contributed by atoms with E-state index >= 15 is 0 Å². The van der Waals surface area contributed by atoms with Crippen LogP contribution in [0.4, 0.5) is 5.95 Å². The van der Waals surface area contributed by atoms with Crippen molar-refractivity contribution < 1.29 is 19.1 Å². The minimum Gasteiger partial charge on any atom is -0.459 e. The minimum atomic E-state index is -0.537. The molecule has 2 saturated heterocycles. The average Bonchev–Trinajstić information content (AvgIpc) is 3.28. The van der Waals surface area contributed by atoms with E-state index in [0.717, 1.165) is 51.4 Å². The van der Waals surface area contributed by atoms with Gasteiger partial charge in [-0.2, -0.15) is 0 Å². The van der Waals surface area contributed by atoms with Crippen LogP contribution in [-0.2, 0) is 19.1 Å². The molecule has 1 aromatic rings. The molecule has 2 amide bonds. The maximum Gasteiger partial charge on any atom is 0.306 e. The SMILES string of the molecule is CCCCCCCCCCCCCCCC(=O)OC(CN1CCN(c2ncccn2)CC1)CN1C(=O)[C@H]2CC=CC[C@H]2C1=O. The number of hydrogen-bond acceptors (Lipinski definition) is 8. The van der Waals surface area contributed by atoms with Gasteiger partial charge in [-0.15, -0.1) is 0 Å². The van der Waals surface area contributed by atoms with Crippen LogP contribution in [0.2, 0.25) is 0 Å². The predicted octanol–water partition coefficient (Wildman–Crippen LogP) is 5.94. The molecule has 0 bridgehead atoms. The number of ether oxygens (including phenoxy) is 1.